The van der Waals surface area contributed by atoms with E-state index < -0.39 is 0 Å². The maximum atomic E-state index is 5.32. The Labute approximate surface area is 90.1 Å². The van der Waals surface area contributed by atoms with Gasteiger partial charge in [0.25, 0.3) is 0 Å². The number of hydrogen-bond donors (Lipinski definition) is 1. The molecule has 0 fully saturated rings. The summed E-state index contributed by atoms with van der Waals surface area (Å²) < 4.78 is 0. The van der Waals surface area contributed by atoms with Gasteiger partial charge in [0.1, 0.15) is 6.10 Å². The Hall–Kier alpha value is -1.35. The fourth-order valence-corrected chi connectivity index (χ4v) is 1.68. The minimum Gasteiger partial charge on any atom is -0.390 e. The molecule has 1 N–H and O–H groups in total. The predicted octanol–water partition coefficient (Wildman–Crippen LogP) is 1.71. The largest absolute Gasteiger partial charge is 0.390 e. The second kappa shape index (κ2) is 4.45. The van der Waals surface area contributed by atoms with E-state index in [-0.39, 0.29) is 6.10 Å². The van der Waals surface area contributed by atoms with Crippen LogP contribution in [0.1, 0.15) is 17.5 Å². The Balaban J connectivity index is 2.04. The lowest BCUT2D eigenvalue weighted by atomic mass is 10.0. The molecule has 15 heavy (non-hydrogen) atoms. The van der Waals surface area contributed by atoms with Crippen LogP contribution in [0.2, 0.25) is 0 Å². The van der Waals surface area contributed by atoms with Crippen LogP contribution in [0, 0.1) is 6.92 Å². The molecule has 1 aliphatic rings. The molecule has 1 aromatic carbocycles. The average Bonchev–Trinajstić information content (AvgIpc) is 2.68. The van der Waals surface area contributed by atoms with E-state index >= 15 is 0 Å². The predicted molar refractivity (Wildman–Crippen MR) is 61.1 cm³/mol. The Morgan fingerprint density at radius 2 is 2.13 bits per heavy atom. The topological polar surface area (TPSA) is 33.6 Å². The molecule has 2 rings (SSSR count). The quantitative estimate of drug-likeness (QED) is 0.813. The lowest BCUT2D eigenvalue weighted by Gasteiger charge is -2.05. The summed E-state index contributed by atoms with van der Waals surface area (Å²) >= 11 is 0. The summed E-state index contributed by atoms with van der Waals surface area (Å²) in [7, 11) is 1.92. The molecule has 3 nitrogen and oxygen atoms in total. The first-order valence-electron chi connectivity index (χ1n) is 5.24. The van der Waals surface area contributed by atoms with Crippen molar-refractivity contribution in [3.63, 3.8) is 0 Å². The van der Waals surface area contributed by atoms with Crippen LogP contribution in [0.4, 0.5) is 0 Å². The van der Waals surface area contributed by atoms with Crippen LogP contribution in [0.3, 0.4) is 0 Å². The summed E-state index contributed by atoms with van der Waals surface area (Å²) in [5.74, 6) is 0. The maximum Gasteiger partial charge on any atom is 0.145 e. The van der Waals surface area contributed by atoms with Crippen molar-refractivity contribution >= 4 is 5.71 Å². The molecular weight excluding hydrogens is 188 g/mol. The SMILES string of the molecule is CNCC1CC(c2ccc(C)cc2)=NO1. The van der Waals surface area contributed by atoms with E-state index in [0.29, 0.717) is 0 Å². The molecule has 0 amide bonds. The molecular formula is C12H16N2O. The molecule has 0 bridgehead atoms. The van der Waals surface area contributed by atoms with Crippen molar-refractivity contribution in [3.8, 4) is 0 Å². The molecule has 1 aromatic rings. The summed E-state index contributed by atoms with van der Waals surface area (Å²) in [6.07, 6.45) is 1.08. The Kier molecular flexibility index (Phi) is 3.02. The van der Waals surface area contributed by atoms with Gasteiger partial charge in [-0.05, 0) is 19.5 Å². The number of aryl methyl sites for hydroxylation is 1. The van der Waals surface area contributed by atoms with Crippen LogP contribution in [-0.2, 0) is 4.84 Å². The van der Waals surface area contributed by atoms with Crippen LogP contribution in [0.25, 0.3) is 0 Å². The van der Waals surface area contributed by atoms with Gasteiger partial charge in [-0.3, -0.25) is 0 Å². The normalized spacial score (nSPS) is 19.9. The van der Waals surface area contributed by atoms with Crippen LogP contribution in [0.5, 0.6) is 0 Å². The molecule has 0 aromatic heterocycles. The van der Waals surface area contributed by atoms with E-state index in [2.05, 4.69) is 41.7 Å². The number of likely N-dealkylation sites (N-methyl/N-ethyl adjacent to an activating group) is 1. The monoisotopic (exact) mass is 204 g/mol. The van der Waals surface area contributed by atoms with Crippen molar-refractivity contribution in [1.29, 1.82) is 0 Å². The van der Waals surface area contributed by atoms with E-state index in [4.69, 9.17) is 4.84 Å². The van der Waals surface area contributed by atoms with E-state index in [9.17, 15) is 0 Å². The molecule has 0 spiro atoms. The fraction of sp³-hybridized carbons (Fsp3) is 0.417. The Bertz CT molecular complexity index is 356. The van der Waals surface area contributed by atoms with Gasteiger partial charge in [0.2, 0.25) is 0 Å². The zero-order chi connectivity index (χ0) is 10.7. The number of nitrogens with one attached hydrogen (secondary N) is 1. The van der Waals surface area contributed by atoms with Gasteiger partial charge in [0.05, 0.1) is 5.71 Å². The van der Waals surface area contributed by atoms with Crippen molar-refractivity contribution in [2.24, 2.45) is 5.16 Å². The number of oxime groups is 1. The van der Waals surface area contributed by atoms with Gasteiger partial charge in [-0.15, -0.1) is 0 Å². The fourth-order valence-electron chi connectivity index (χ4n) is 1.68. The molecule has 0 saturated heterocycles. The maximum absolute atomic E-state index is 5.32. The highest BCUT2D eigenvalue weighted by Crippen LogP contribution is 2.16. The van der Waals surface area contributed by atoms with Crippen LogP contribution in [0.15, 0.2) is 29.4 Å². The summed E-state index contributed by atoms with van der Waals surface area (Å²) in [4.78, 5) is 5.32. The lowest BCUT2D eigenvalue weighted by molar-refractivity contribution is 0.0866. The highest BCUT2D eigenvalue weighted by atomic mass is 16.6. The van der Waals surface area contributed by atoms with Crippen LogP contribution in [-0.4, -0.2) is 25.4 Å². The third-order valence-corrected chi connectivity index (χ3v) is 2.55. The van der Waals surface area contributed by atoms with Gasteiger partial charge < -0.3 is 10.2 Å². The van der Waals surface area contributed by atoms with Crippen molar-refractivity contribution in [2.75, 3.05) is 13.6 Å². The molecule has 80 valence electrons. The summed E-state index contributed by atoms with van der Waals surface area (Å²) in [6.45, 7) is 2.93. The van der Waals surface area contributed by atoms with E-state index in [1.165, 1.54) is 11.1 Å². The van der Waals surface area contributed by atoms with Crippen molar-refractivity contribution < 1.29 is 4.84 Å². The number of nitrogens with zero attached hydrogens (tertiary/aromatic N) is 1. The van der Waals surface area contributed by atoms with Gasteiger partial charge in [-0.25, -0.2) is 0 Å². The molecule has 0 radical (unpaired) electrons. The Morgan fingerprint density at radius 1 is 1.40 bits per heavy atom. The van der Waals surface area contributed by atoms with Gasteiger partial charge in [0.15, 0.2) is 0 Å². The second-order valence-corrected chi connectivity index (χ2v) is 3.89. The van der Waals surface area contributed by atoms with Gasteiger partial charge in [0, 0.05) is 13.0 Å². The third kappa shape index (κ3) is 2.36. The first-order chi connectivity index (χ1) is 7.29. The first kappa shape index (κ1) is 10.2. The molecule has 1 aliphatic heterocycles. The smallest absolute Gasteiger partial charge is 0.145 e. The van der Waals surface area contributed by atoms with Gasteiger partial charge in [-0.1, -0.05) is 35.0 Å². The molecule has 1 unspecified atom stereocenters. The summed E-state index contributed by atoms with van der Waals surface area (Å²) in [5.41, 5.74) is 3.49. The molecule has 1 atom stereocenters. The summed E-state index contributed by atoms with van der Waals surface area (Å²) in [6, 6.07) is 8.39. The average molecular weight is 204 g/mol. The molecule has 3 heteroatoms. The summed E-state index contributed by atoms with van der Waals surface area (Å²) in [5, 5.41) is 7.20. The van der Waals surface area contributed by atoms with Crippen molar-refractivity contribution in [3.05, 3.63) is 35.4 Å². The van der Waals surface area contributed by atoms with Crippen molar-refractivity contribution in [1.82, 2.24) is 5.32 Å². The molecule has 0 saturated carbocycles. The third-order valence-electron chi connectivity index (χ3n) is 2.55. The number of rotatable bonds is 3. The zero-order valence-corrected chi connectivity index (χ0v) is 9.16. The van der Waals surface area contributed by atoms with Gasteiger partial charge in [-0.2, -0.15) is 0 Å². The van der Waals surface area contributed by atoms with E-state index in [0.717, 1.165) is 18.7 Å². The van der Waals surface area contributed by atoms with Crippen molar-refractivity contribution in [2.45, 2.75) is 19.4 Å². The minimum atomic E-state index is 0.186. The van der Waals surface area contributed by atoms with Gasteiger partial charge >= 0.3 is 0 Å². The molecule has 1 heterocycles. The standard InChI is InChI=1S/C12H16N2O/c1-9-3-5-10(6-4-9)12-7-11(8-13-2)15-14-12/h3-6,11,13H,7-8H2,1-2H3. The number of benzene rings is 1. The second-order valence-electron chi connectivity index (χ2n) is 3.89. The van der Waals surface area contributed by atoms with Crippen LogP contribution < -0.4 is 5.32 Å². The molecule has 0 aliphatic carbocycles. The van der Waals surface area contributed by atoms with Crippen LogP contribution >= 0.6 is 0 Å². The lowest BCUT2D eigenvalue weighted by Crippen LogP contribution is -2.23. The van der Waals surface area contributed by atoms with E-state index in [1.54, 1.807) is 0 Å². The Morgan fingerprint density at radius 3 is 2.80 bits per heavy atom. The van der Waals surface area contributed by atoms with E-state index in [1.807, 2.05) is 7.05 Å². The zero-order valence-electron chi connectivity index (χ0n) is 9.16. The highest BCUT2D eigenvalue weighted by molar-refractivity contribution is 6.01. The highest BCUT2D eigenvalue weighted by Gasteiger charge is 2.20. The number of hydrogen-bond acceptors (Lipinski definition) is 3. The first-order valence-corrected chi connectivity index (χ1v) is 5.24. The minimum absolute atomic E-state index is 0.186.